The van der Waals surface area contributed by atoms with Gasteiger partial charge in [-0.15, -0.1) is 0 Å². The minimum atomic E-state index is -0.694. The number of nitrogens with zero attached hydrogens (tertiary/aromatic N) is 4. The molecule has 2 aliphatic heterocycles. The van der Waals surface area contributed by atoms with E-state index in [2.05, 4.69) is 109 Å². The topological polar surface area (TPSA) is 72.6 Å². The van der Waals surface area contributed by atoms with Gasteiger partial charge in [-0.2, -0.15) is 4.98 Å². The Bertz CT molecular complexity index is 2460. The maximum atomic E-state index is 6.86. The fraction of sp³-hybridized carbons (Fsp3) is 0.300. The zero-order chi connectivity index (χ0) is 35.5. The predicted molar refractivity (Wildman–Crippen MR) is 206 cm³/mol. The first-order chi connectivity index (χ1) is 24.3. The van der Waals surface area contributed by atoms with Crippen LogP contribution in [0.15, 0.2) is 97.1 Å². The Morgan fingerprint density at radius 2 is 1.08 bits per heavy atom. The molecule has 3 aromatic heterocycles. The summed E-state index contributed by atoms with van der Waals surface area (Å²) in [5.74, 6) is 1.19. The quantitative estimate of drug-likeness (QED) is 0.132. The van der Waals surface area contributed by atoms with E-state index >= 15 is 0 Å². The van der Waals surface area contributed by atoms with Crippen molar-refractivity contribution < 1.29 is 18.6 Å². The van der Waals surface area contributed by atoms with Gasteiger partial charge in [-0.25, -0.2) is 4.98 Å². The Labute approximate surface area is 302 Å². The smallest absolute Gasteiger partial charge is 0.405 e. The maximum absolute atomic E-state index is 6.86. The van der Waals surface area contributed by atoms with E-state index in [9.17, 15) is 0 Å². The molecule has 0 radical (unpaired) electrons. The lowest BCUT2D eigenvalue weighted by Crippen LogP contribution is -2.46. The van der Waals surface area contributed by atoms with Crippen LogP contribution >= 0.6 is 11.6 Å². The van der Waals surface area contributed by atoms with E-state index in [-0.39, 0.29) is 0 Å². The molecule has 0 spiro atoms. The minimum Gasteiger partial charge on any atom is -0.405 e. The molecule has 0 bridgehead atoms. The molecule has 1 unspecified atom stereocenters. The summed E-state index contributed by atoms with van der Waals surface area (Å²) < 4.78 is 30.4. The molecular formula is C40H39B2ClN4O4. The normalized spacial score (nSPS) is 21.2. The average molecular weight is 697 g/mol. The molecule has 8 nitrogen and oxygen atoms in total. The van der Waals surface area contributed by atoms with Crippen LogP contribution in [0.4, 0.5) is 0 Å². The fourth-order valence-corrected chi connectivity index (χ4v) is 7.97. The molecule has 9 rings (SSSR count). The molecule has 5 heterocycles. The van der Waals surface area contributed by atoms with Gasteiger partial charge >= 0.3 is 14.0 Å². The minimum absolute atomic E-state index is 0.360. The van der Waals surface area contributed by atoms with Crippen LogP contribution in [0.2, 0.25) is 5.15 Å². The number of rotatable bonds is 5. The van der Waals surface area contributed by atoms with Gasteiger partial charge in [0, 0.05) is 34.0 Å². The van der Waals surface area contributed by atoms with E-state index in [0.29, 0.717) is 23.3 Å². The van der Waals surface area contributed by atoms with Crippen LogP contribution < -0.4 is 0 Å². The molecular weight excluding hydrogens is 658 g/mol. The number of benzene rings is 4. The van der Waals surface area contributed by atoms with Crippen LogP contribution in [-0.4, -0.2) is 55.5 Å². The number of aromatic nitrogens is 4. The van der Waals surface area contributed by atoms with Crippen LogP contribution in [0.25, 0.3) is 55.4 Å². The summed E-state index contributed by atoms with van der Waals surface area (Å²) in [6, 6.07) is 33.3. The van der Waals surface area contributed by atoms with Gasteiger partial charge in [0.2, 0.25) is 5.95 Å². The zero-order valence-electron chi connectivity index (χ0n) is 29.9. The first-order valence-electron chi connectivity index (χ1n) is 17.5. The van der Waals surface area contributed by atoms with Crippen molar-refractivity contribution in [1.29, 1.82) is 0 Å². The lowest BCUT2D eigenvalue weighted by atomic mass is 9.49. The van der Waals surface area contributed by atoms with Gasteiger partial charge < -0.3 is 18.6 Å². The van der Waals surface area contributed by atoms with Crippen molar-refractivity contribution >= 4 is 69.2 Å². The SMILES string of the molecule is CC1(C)OB(B2OC(C)(C)C(C)(Cc3cccc4c3c3ccccc3n4-c3cc(Cl)nc(-n4c5ccccc5c5ccccc54)n3)O2)OC1(C)C. The van der Waals surface area contributed by atoms with E-state index in [1.54, 1.807) is 0 Å². The Kier molecular flexibility index (Phi) is 7.16. The molecule has 2 fully saturated rings. The van der Waals surface area contributed by atoms with E-state index < -0.39 is 36.4 Å². The summed E-state index contributed by atoms with van der Waals surface area (Å²) in [5.41, 5.74) is 2.89. The fourth-order valence-electron chi connectivity index (χ4n) is 7.80. The monoisotopic (exact) mass is 696 g/mol. The second-order valence-electron chi connectivity index (χ2n) is 15.5. The highest BCUT2D eigenvalue weighted by molar-refractivity contribution is 7.11. The van der Waals surface area contributed by atoms with Gasteiger partial charge in [0.25, 0.3) is 0 Å². The van der Waals surface area contributed by atoms with E-state index in [0.717, 1.165) is 49.2 Å². The van der Waals surface area contributed by atoms with Crippen molar-refractivity contribution in [3.8, 4) is 11.8 Å². The highest BCUT2D eigenvalue weighted by Gasteiger charge is 2.64. The molecule has 0 aliphatic carbocycles. The second kappa shape index (κ2) is 11.2. The molecule has 4 aromatic carbocycles. The van der Waals surface area contributed by atoms with Gasteiger partial charge in [-0.3, -0.25) is 9.13 Å². The first-order valence-corrected chi connectivity index (χ1v) is 17.9. The summed E-state index contributed by atoms with van der Waals surface area (Å²) >= 11 is 6.86. The van der Waals surface area contributed by atoms with Gasteiger partial charge in [0.05, 0.1) is 44.5 Å². The van der Waals surface area contributed by atoms with Crippen LogP contribution in [0.5, 0.6) is 0 Å². The third-order valence-corrected chi connectivity index (χ3v) is 11.7. The number of halogens is 1. The Morgan fingerprint density at radius 1 is 0.569 bits per heavy atom. The molecule has 51 heavy (non-hydrogen) atoms. The van der Waals surface area contributed by atoms with Crippen molar-refractivity contribution in [2.24, 2.45) is 0 Å². The standard InChI is InChI=1S/C40H39B2ClN4O4/c1-37(2)38(3,4)49-41(48-37)42-50-39(5,6)40(7,51-42)24-25-15-14-22-32-35(25)28-18-10-13-21-31(28)46(32)34-23-33(43)44-36(45-34)47-29-19-11-8-16-26(29)27-17-9-12-20-30(27)47/h8-23H,24H2,1-7H3. The second-order valence-corrected chi connectivity index (χ2v) is 15.9. The average Bonchev–Trinajstić information content (AvgIpc) is 3.74. The predicted octanol–water partition coefficient (Wildman–Crippen LogP) is 9.11. The lowest BCUT2D eigenvalue weighted by molar-refractivity contribution is -0.00853. The highest BCUT2D eigenvalue weighted by atomic mass is 35.5. The number of hydrogen-bond acceptors (Lipinski definition) is 6. The molecule has 1 atom stereocenters. The maximum Gasteiger partial charge on any atom is 0.489 e. The van der Waals surface area contributed by atoms with E-state index in [1.807, 2.05) is 45.9 Å². The molecule has 11 heteroatoms. The van der Waals surface area contributed by atoms with E-state index in [1.165, 1.54) is 0 Å². The van der Waals surface area contributed by atoms with Gasteiger partial charge in [0.1, 0.15) is 11.0 Å². The Hall–Kier alpha value is -4.18. The summed E-state index contributed by atoms with van der Waals surface area (Å²) in [5, 5.41) is 4.86. The summed E-state index contributed by atoms with van der Waals surface area (Å²) in [7, 11) is -1.31. The third kappa shape index (κ3) is 4.91. The molecule has 2 saturated heterocycles. The van der Waals surface area contributed by atoms with Gasteiger partial charge in [-0.1, -0.05) is 78.3 Å². The molecule has 0 amide bonds. The van der Waals surface area contributed by atoms with Crippen LogP contribution in [0, 0.1) is 0 Å². The first kappa shape index (κ1) is 32.7. The molecule has 7 aromatic rings. The van der Waals surface area contributed by atoms with Crippen molar-refractivity contribution in [3.05, 3.63) is 108 Å². The summed E-state index contributed by atoms with van der Waals surface area (Å²) in [6.07, 6.45) is 0.596. The van der Waals surface area contributed by atoms with Crippen molar-refractivity contribution in [2.45, 2.75) is 77.3 Å². The van der Waals surface area contributed by atoms with Gasteiger partial charge in [-0.05, 0) is 78.3 Å². The van der Waals surface area contributed by atoms with Crippen molar-refractivity contribution in [2.75, 3.05) is 0 Å². The third-order valence-electron chi connectivity index (χ3n) is 11.5. The number of fused-ring (bicyclic) bond motifs is 6. The summed E-state index contributed by atoms with van der Waals surface area (Å²) in [6.45, 7) is 14.5. The molecule has 0 N–H and O–H groups in total. The highest BCUT2D eigenvalue weighted by Crippen LogP contribution is 2.46. The van der Waals surface area contributed by atoms with E-state index in [4.69, 9.17) is 40.2 Å². The zero-order valence-corrected chi connectivity index (χ0v) is 30.7. The molecule has 0 saturated carbocycles. The van der Waals surface area contributed by atoms with Crippen molar-refractivity contribution in [3.63, 3.8) is 0 Å². The van der Waals surface area contributed by atoms with Crippen LogP contribution in [0.3, 0.4) is 0 Å². The Balaban J connectivity index is 1.17. The lowest BCUT2D eigenvalue weighted by Gasteiger charge is -2.37. The number of para-hydroxylation sites is 3. The van der Waals surface area contributed by atoms with Crippen molar-refractivity contribution in [1.82, 2.24) is 19.1 Å². The van der Waals surface area contributed by atoms with Crippen LogP contribution in [-0.2, 0) is 25.0 Å². The molecule has 256 valence electrons. The largest absolute Gasteiger partial charge is 0.489 e. The van der Waals surface area contributed by atoms with Gasteiger partial charge in [0.15, 0.2) is 0 Å². The van der Waals surface area contributed by atoms with Crippen LogP contribution in [0.1, 0.15) is 54.0 Å². The Morgan fingerprint density at radius 3 is 1.71 bits per heavy atom. The molecule has 2 aliphatic rings. The summed E-state index contributed by atoms with van der Waals surface area (Å²) in [4.78, 5) is 9.99. The number of hydrogen-bond donors (Lipinski definition) is 0.